The largest absolute Gasteiger partial charge is 0.460 e. The molecule has 0 aliphatic rings. The molecule has 0 radical (unpaired) electrons. The van der Waals surface area contributed by atoms with Crippen LogP contribution in [0.5, 0.6) is 0 Å². The SMILES string of the molecule is CCOC(=O)C(=O)/C(C)=C(/C)NC(=O)C(C)(C)C. The second-order valence-electron chi connectivity index (χ2n) is 5.00. The van der Waals surface area contributed by atoms with Gasteiger partial charge in [-0.25, -0.2) is 4.79 Å². The molecule has 5 nitrogen and oxygen atoms in total. The van der Waals surface area contributed by atoms with Crippen LogP contribution < -0.4 is 5.32 Å². The van der Waals surface area contributed by atoms with Gasteiger partial charge in [-0.15, -0.1) is 0 Å². The van der Waals surface area contributed by atoms with Gasteiger partial charge in [0.15, 0.2) is 0 Å². The smallest absolute Gasteiger partial charge is 0.379 e. The van der Waals surface area contributed by atoms with Crippen molar-refractivity contribution in [2.24, 2.45) is 5.41 Å². The molecule has 0 aromatic carbocycles. The van der Waals surface area contributed by atoms with Crippen LogP contribution in [0, 0.1) is 5.41 Å². The molecule has 0 aliphatic carbocycles. The zero-order valence-electron chi connectivity index (χ0n) is 11.8. The minimum Gasteiger partial charge on any atom is -0.460 e. The number of esters is 1. The minimum atomic E-state index is -0.903. The van der Waals surface area contributed by atoms with Gasteiger partial charge in [-0.2, -0.15) is 0 Å². The lowest BCUT2D eigenvalue weighted by molar-refractivity contribution is -0.151. The van der Waals surface area contributed by atoms with Crippen molar-refractivity contribution in [2.45, 2.75) is 41.5 Å². The van der Waals surface area contributed by atoms with Gasteiger partial charge in [0.25, 0.3) is 5.78 Å². The third-order valence-corrected chi connectivity index (χ3v) is 2.35. The van der Waals surface area contributed by atoms with Crippen LogP contribution in [0.2, 0.25) is 0 Å². The van der Waals surface area contributed by atoms with E-state index >= 15 is 0 Å². The van der Waals surface area contributed by atoms with E-state index in [2.05, 4.69) is 10.1 Å². The van der Waals surface area contributed by atoms with Gasteiger partial charge in [-0.05, 0) is 20.8 Å². The number of carbonyl (C=O) groups is 3. The molecule has 0 bridgehead atoms. The highest BCUT2D eigenvalue weighted by Crippen LogP contribution is 2.14. The number of rotatable bonds is 4. The summed E-state index contributed by atoms with van der Waals surface area (Å²) in [5, 5.41) is 2.61. The Kier molecular flexibility index (Phi) is 5.75. The van der Waals surface area contributed by atoms with Gasteiger partial charge in [-0.1, -0.05) is 20.8 Å². The maximum absolute atomic E-state index is 11.7. The van der Waals surface area contributed by atoms with Gasteiger partial charge < -0.3 is 10.1 Å². The van der Waals surface area contributed by atoms with Gasteiger partial charge in [0.05, 0.1) is 6.61 Å². The van der Waals surface area contributed by atoms with E-state index in [1.54, 1.807) is 34.6 Å². The van der Waals surface area contributed by atoms with Crippen molar-refractivity contribution in [2.75, 3.05) is 6.61 Å². The molecule has 0 spiro atoms. The van der Waals surface area contributed by atoms with Gasteiger partial charge in [0.1, 0.15) is 0 Å². The number of amides is 1. The quantitative estimate of drug-likeness (QED) is 0.470. The fourth-order valence-electron chi connectivity index (χ4n) is 0.972. The van der Waals surface area contributed by atoms with Crippen molar-refractivity contribution in [1.29, 1.82) is 0 Å². The Hall–Kier alpha value is -1.65. The molecule has 1 amide bonds. The second kappa shape index (κ2) is 6.33. The predicted octanol–water partition coefficient (Wildman–Crippen LogP) is 1.57. The molecule has 0 saturated heterocycles. The van der Waals surface area contributed by atoms with E-state index in [0.29, 0.717) is 5.70 Å². The first-order valence-corrected chi connectivity index (χ1v) is 5.81. The molecule has 0 rings (SSSR count). The summed E-state index contributed by atoms with van der Waals surface area (Å²) in [6.07, 6.45) is 0. The summed E-state index contributed by atoms with van der Waals surface area (Å²) < 4.78 is 4.61. The number of ketones is 1. The molecule has 102 valence electrons. The lowest BCUT2D eigenvalue weighted by atomic mass is 9.95. The molecule has 0 aromatic rings. The van der Waals surface area contributed by atoms with Gasteiger partial charge in [0.2, 0.25) is 5.91 Å². The van der Waals surface area contributed by atoms with Gasteiger partial charge in [-0.3, -0.25) is 9.59 Å². The highest BCUT2D eigenvalue weighted by atomic mass is 16.5. The summed E-state index contributed by atoms with van der Waals surface area (Å²) in [5.74, 6) is -1.85. The van der Waals surface area contributed by atoms with Crippen molar-refractivity contribution >= 4 is 17.7 Å². The zero-order valence-corrected chi connectivity index (χ0v) is 11.8. The van der Waals surface area contributed by atoms with E-state index in [4.69, 9.17) is 0 Å². The standard InChI is InChI=1S/C13H21NO4/c1-7-18-11(16)10(15)8(2)9(3)14-12(17)13(4,5)6/h7H2,1-6H3,(H,14,17)/b9-8-. The molecular weight excluding hydrogens is 234 g/mol. The molecule has 0 aromatic heterocycles. The number of carbonyl (C=O) groups excluding carboxylic acids is 3. The topological polar surface area (TPSA) is 72.5 Å². The molecule has 0 fully saturated rings. The van der Waals surface area contributed by atoms with E-state index in [1.165, 1.54) is 6.92 Å². The maximum atomic E-state index is 11.7. The van der Waals surface area contributed by atoms with Crippen molar-refractivity contribution in [3.8, 4) is 0 Å². The monoisotopic (exact) mass is 255 g/mol. The summed E-state index contributed by atoms with van der Waals surface area (Å²) in [5.41, 5.74) is -0.00634. The van der Waals surface area contributed by atoms with Crippen LogP contribution in [0.1, 0.15) is 41.5 Å². The van der Waals surface area contributed by atoms with Crippen LogP contribution in [0.3, 0.4) is 0 Å². The fourth-order valence-corrected chi connectivity index (χ4v) is 0.972. The lowest BCUT2D eigenvalue weighted by Gasteiger charge is -2.18. The first-order chi connectivity index (χ1) is 8.11. The number of allylic oxidation sites excluding steroid dienone is 1. The first-order valence-electron chi connectivity index (χ1n) is 5.81. The fraction of sp³-hybridized carbons (Fsp3) is 0.615. The van der Waals surface area contributed by atoms with Crippen LogP contribution in [-0.4, -0.2) is 24.3 Å². The number of nitrogens with one attached hydrogen (secondary N) is 1. The minimum absolute atomic E-state index is 0.144. The zero-order chi connectivity index (χ0) is 14.5. The summed E-state index contributed by atoms with van der Waals surface area (Å²) in [6, 6.07) is 0. The molecule has 18 heavy (non-hydrogen) atoms. The molecule has 0 heterocycles. The molecular formula is C13H21NO4. The van der Waals surface area contributed by atoms with Crippen LogP contribution in [0.4, 0.5) is 0 Å². The summed E-state index contributed by atoms with van der Waals surface area (Å²) in [7, 11) is 0. The Bertz CT molecular complexity index is 388. The molecule has 5 heteroatoms. The van der Waals surface area contributed by atoms with Crippen LogP contribution in [-0.2, 0) is 19.1 Å². The normalized spacial score (nSPS) is 12.6. The van der Waals surface area contributed by atoms with Gasteiger partial charge >= 0.3 is 5.97 Å². The summed E-state index contributed by atoms with van der Waals surface area (Å²) in [4.78, 5) is 34.6. The molecule has 1 N–H and O–H groups in total. The summed E-state index contributed by atoms with van der Waals surface area (Å²) in [6.45, 7) is 10.1. The molecule has 0 aliphatic heterocycles. The average Bonchev–Trinajstić information content (AvgIpc) is 2.25. The predicted molar refractivity (Wildman–Crippen MR) is 67.6 cm³/mol. The number of Topliss-reactive ketones (excluding diaryl/α,β-unsaturated/α-hetero) is 1. The second-order valence-corrected chi connectivity index (χ2v) is 5.00. The number of hydrogen-bond donors (Lipinski definition) is 1. The van der Waals surface area contributed by atoms with E-state index in [0.717, 1.165) is 0 Å². The Balaban J connectivity index is 4.87. The van der Waals surface area contributed by atoms with Crippen molar-refractivity contribution < 1.29 is 19.1 Å². The summed E-state index contributed by atoms with van der Waals surface area (Å²) >= 11 is 0. The molecule has 0 unspecified atom stereocenters. The number of ether oxygens (including phenoxy) is 1. The Morgan fingerprint density at radius 3 is 2.00 bits per heavy atom. The number of hydrogen-bond acceptors (Lipinski definition) is 4. The van der Waals surface area contributed by atoms with Crippen LogP contribution in [0.15, 0.2) is 11.3 Å². The highest BCUT2D eigenvalue weighted by molar-refractivity contribution is 6.40. The molecule has 0 saturated carbocycles. The van der Waals surface area contributed by atoms with Crippen LogP contribution in [0.25, 0.3) is 0 Å². The Morgan fingerprint density at radius 1 is 1.11 bits per heavy atom. The first kappa shape index (κ1) is 16.4. The third-order valence-electron chi connectivity index (χ3n) is 2.35. The van der Waals surface area contributed by atoms with Crippen molar-refractivity contribution in [3.05, 3.63) is 11.3 Å². The Labute approximate surface area is 108 Å². The maximum Gasteiger partial charge on any atom is 0.379 e. The molecule has 0 atom stereocenters. The van der Waals surface area contributed by atoms with Crippen LogP contribution >= 0.6 is 0 Å². The van der Waals surface area contributed by atoms with E-state index in [1.807, 2.05) is 0 Å². The highest BCUT2D eigenvalue weighted by Gasteiger charge is 2.24. The van der Waals surface area contributed by atoms with E-state index < -0.39 is 17.2 Å². The van der Waals surface area contributed by atoms with Gasteiger partial charge in [0, 0.05) is 16.7 Å². The average molecular weight is 255 g/mol. The van der Waals surface area contributed by atoms with Crippen molar-refractivity contribution in [1.82, 2.24) is 5.32 Å². The third kappa shape index (κ3) is 4.69. The lowest BCUT2D eigenvalue weighted by Crippen LogP contribution is -2.35. The van der Waals surface area contributed by atoms with E-state index in [9.17, 15) is 14.4 Å². The van der Waals surface area contributed by atoms with E-state index in [-0.39, 0.29) is 18.1 Å². The van der Waals surface area contributed by atoms with Crippen molar-refractivity contribution in [3.63, 3.8) is 0 Å². The Morgan fingerprint density at radius 2 is 1.61 bits per heavy atom.